The highest BCUT2D eigenvalue weighted by atomic mass is 16.2. The molecule has 2 aromatic carbocycles. The van der Waals surface area contributed by atoms with Crippen molar-refractivity contribution in [2.75, 3.05) is 13.1 Å². The lowest BCUT2D eigenvalue weighted by Gasteiger charge is -2.51. The summed E-state index contributed by atoms with van der Waals surface area (Å²) in [5, 5.41) is 3.25. The summed E-state index contributed by atoms with van der Waals surface area (Å²) >= 11 is 0. The van der Waals surface area contributed by atoms with E-state index in [0.29, 0.717) is 0 Å². The van der Waals surface area contributed by atoms with Gasteiger partial charge in [0.1, 0.15) is 0 Å². The maximum Gasteiger partial charge on any atom is 0.318 e. The fraction of sp³-hybridized carbons (Fsp3) is 0.462. The minimum atomic E-state index is -0.0715. The number of amides is 3. The Morgan fingerprint density at radius 1 is 1.10 bits per heavy atom. The van der Waals surface area contributed by atoms with Gasteiger partial charge < -0.3 is 15.1 Å². The summed E-state index contributed by atoms with van der Waals surface area (Å²) in [6, 6.07) is 18.6. The largest absolute Gasteiger partial charge is 0.335 e. The van der Waals surface area contributed by atoms with Gasteiger partial charge in [-0.1, -0.05) is 61.5 Å². The fourth-order valence-corrected chi connectivity index (χ4v) is 5.84. The summed E-state index contributed by atoms with van der Waals surface area (Å²) in [4.78, 5) is 30.9. The van der Waals surface area contributed by atoms with Crippen molar-refractivity contribution in [3.05, 3.63) is 71.3 Å². The van der Waals surface area contributed by atoms with Crippen LogP contribution in [0.2, 0.25) is 0 Å². The summed E-state index contributed by atoms with van der Waals surface area (Å²) in [6.07, 6.45) is 4.37. The van der Waals surface area contributed by atoms with Crippen molar-refractivity contribution in [2.45, 2.75) is 57.2 Å². The molecule has 3 aliphatic heterocycles. The van der Waals surface area contributed by atoms with Gasteiger partial charge in [-0.15, -0.1) is 0 Å². The Balaban J connectivity index is 1.39. The molecule has 3 heterocycles. The number of carbonyl (C=O) groups excluding carboxylic acids is 2. The van der Waals surface area contributed by atoms with E-state index in [1.807, 2.05) is 23.1 Å². The molecule has 0 radical (unpaired) electrons. The van der Waals surface area contributed by atoms with Gasteiger partial charge in [0.05, 0.1) is 18.0 Å². The second kappa shape index (κ2) is 8.37. The molecule has 2 saturated heterocycles. The lowest BCUT2D eigenvalue weighted by Crippen LogP contribution is -2.61. The van der Waals surface area contributed by atoms with E-state index >= 15 is 0 Å². The van der Waals surface area contributed by atoms with E-state index in [9.17, 15) is 9.59 Å². The van der Waals surface area contributed by atoms with Crippen LogP contribution in [0.15, 0.2) is 54.6 Å². The number of rotatable bonds is 3. The fourth-order valence-electron chi connectivity index (χ4n) is 5.84. The normalized spacial score (nSPS) is 25.8. The van der Waals surface area contributed by atoms with Gasteiger partial charge in [0.25, 0.3) is 0 Å². The summed E-state index contributed by atoms with van der Waals surface area (Å²) < 4.78 is 0. The molecule has 4 atom stereocenters. The molecule has 0 unspecified atom stereocenters. The van der Waals surface area contributed by atoms with Gasteiger partial charge in [0.2, 0.25) is 5.91 Å². The van der Waals surface area contributed by atoms with Crippen molar-refractivity contribution in [3.63, 3.8) is 0 Å². The van der Waals surface area contributed by atoms with E-state index in [2.05, 4.69) is 53.5 Å². The van der Waals surface area contributed by atoms with Gasteiger partial charge in [-0.05, 0) is 48.8 Å². The molecule has 162 valence electrons. The molecular weight excluding hydrogens is 386 g/mol. The topological polar surface area (TPSA) is 52.7 Å². The van der Waals surface area contributed by atoms with Crippen molar-refractivity contribution in [3.8, 4) is 0 Å². The maximum absolute atomic E-state index is 13.4. The van der Waals surface area contributed by atoms with Crippen LogP contribution >= 0.6 is 0 Å². The van der Waals surface area contributed by atoms with E-state index in [0.717, 1.165) is 50.8 Å². The Labute approximate surface area is 184 Å². The van der Waals surface area contributed by atoms with E-state index in [1.54, 1.807) is 0 Å². The Hall–Kier alpha value is -2.82. The van der Waals surface area contributed by atoms with Crippen LogP contribution in [-0.2, 0) is 11.2 Å². The first-order chi connectivity index (χ1) is 15.2. The second-order valence-electron chi connectivity index (χ2n) is 9.06. The molecule has 0 saturated carbocycles. The molecule has 3 amide bonds. The van der Waals surface area contributed by atoms with Gasteiger partial charge in [0, 0.05) is 19.1 Å². The molecule has 0 aliphatic carbocycles. The smallest absolute Gasteiger partial charge is 0.318 e. The third-order valence-electron chi connectivity index (χ3n) is 7.43. The monoisotopic (exact) mass is 417 g/mol. The Morgan fingerprint density at radius 2 is 1.87 bits per heavy atom. The average molecular weight is 418 g/mol. The van der Waals surface area contributed by atoms with Gasteiger partial charge >= 0.3 is 6.03 Å². The molecule has 5 nitrogen and oxygen atoms in total. The molecule has 0 aromatic heterocycles. The van der Waals surface area contributed by atoms with Gasteiger partial charge in [-0.3, -0.25) is 4.79 Å². The number of benzene rings is 2. The minimum Gasteiger partial charge on any atom is -0.335 e. The molecule has 0 spiro atoms. The highest BCUT2D eigenvalue weighted by molar-refractivity contribution is 5.83. The first-order valence-corrected chi connectivity index (χ1v) is 11.7. The predicted octanol–water partition coefficient (Wildman–Crippen LogP) is 4.46. The first-order valence-electron chi connectivity index (χ1n) is 11.7. The Kier molecular flexibility index (Phi) is 5.43. The van der Waals surface area contributed by atoms with E-state index in [4.69, 9.17) is 0 Å². The molecule has 2 aromatic rings. The van der Waals surface area contributed by atoms with Crippen LogP contribution in [0.25, 0.3) is 0 Å². The SMILES string of the molecule is CC[C@@H](NC(=O)N1CCC[C@@H]2C(=O)N3CCc4ccccc4[C@@H]3C[C@@H]21)c1ccccc1. The van der Waals surface area contributed by atoms with Crippen LogP contribution in [0, 0.1) is 5.92 Å². The number of nitrogens with zero attached hydrogens (tertiary/aromatic N) is 2. The van der Waals surface area contributed by atoms with Crippen LogP contribution in [0.5, 0.6) is 0 Å². The summed E-state index contributed by atoms with van der Waals surface area (Å²) in [5.41, 5.74) is 3.73. The lowest BCUT2D eigenvalue weighted by molar-refractivity contribution is -0.148. The summed E-state index contributed by atoms with van der Waals surface area (Å²) in [5.74, 6) is 0.168. The Bertz CT molecular complexity index is 960. The molecule has 5 heteroatoms. The number of piperidine rings is 2. The lowest BCUT2D eigenvalue weighted by atomic mass is 9.76. The van der Waals surface area contributed by atoms with Crippen LogP contribution < -0.4 is 5.32 Å². The van der Waals surface area contributed by atoms with Crippen molar-refractivity contribution in [1.82, 2.24) is 15.1 Å². The molecular formula is C26H31N3O2. The van der Waals surface area contributed by atoms with Gasteiger partial charge in [-0.25, -0.2) is 4.79 Å². The standard InChI is InChI=1S/C26H31N3O2/c1-2-22(19-10-4-3-5-11-19)27-26(31)29-15-8-13-21-24(29)17-23-20-12-7-6-9-18(20)14-16-28(23)25(21)30/h3-7,9-12,21-24H,2,8,13-17H2,1H3,(H,27,31)/t21-,22+,23-,24-/m0/s1. The first kappa shape index (κ1) is 20.1. The maximum atomic E-state index is 13.4. The number of carbonyl (C=O) groups is 2. The van der Waals surface area contributed by atoms with Crippen molar-refractivity contribution < 1.29 is 9.59 Å². The molecule has 5 rings (SSSR count). The number of hydrogen-bond donors (Lipinski definition) is 1. The molecule has 0 bridgehead atoms. The van der Waals surface area contributed by atoms with Crippen molar-refractivity contribution >= 4 is 11.9 Å². The van der Waals surface area contributed by atoms with E-state index in [1.165, 1.54) is 11.1 Å². The number of fused-ring (bicyclic) bond motifs is 4. The zero-order chi connectivity index (χ0) is 21.4. The molecule has 31 heavy (non-hydrogen) atoms. The van der Waals surface area contributed by atoms with E-state index < -0.39 is 0 Å². The van der Waals surface area contributed by atoms with Crippen LogP contribution in [0.3, 0.4) is 0 Å². The Morgan fingerprint density at radius 3 is 2.68 bits per heavy atom. The zero-order valence-corrected chi connectivity index (χ0v) is 18.2. The third kappa shape index (κ3) is 3.60. The number of nitrogens with one attached hydrogen (secondary N) is 1. The van der Waals surface area contributed by atoms with Crippen molar-refractivity contribution in [2.24, 2.45) is 5.92 Å². The van der Waals surface area contributed by atoms with Crippen molar-refractivity contribution in [1.29, 1.82) is 0 Å². The van der Waals surface area contributed by atoms with Crippen LogP contribution in [0.1, 0.15) is 61.4 Å². The molecule has 1 N–H and O–H groups in total. The summed E-state index contributed by atoms with van der Waals surface area (Å²) in [7, 11) is 0. The number of hydrogen-bond acceptors (Lipinski definition) is 2. The minimum absolute atomic E-state index is 0.0136. The van der Waals surface area contributed by atoms with Gasteiger partial charge in [-0.2, -0.15) is 0 Å². The summed E-state index contributed by atoms with van der Waals surface area (Å²) in [6.45, 7) is 3.61. The zero-order valence-electron chi connectivity index (χ0n) is 18.2. The third-order valence-corrected chi connectivity index (χ3v) is 7.43. The average Bonchev–Trinajstić information content (AvgIpc) is 2.82. The molecule has 2 fully saturated rings. The highest BCUT2D eigenvalue weighted by Crippen LogP contribution is 2.43. The molecule has 3 aliphatic rings. The quantitative estimate of drug-likeness (QED) is 0.802. The van der Waals surface area contributed by atoms with Crippen LogP contribution in [-0.4, -0.2) is 40.9 Å². The number of urea groups is 1. The van der Waals surface area contributed by atoms with Crippen LogP contribution in [0.4, 0.5) is 4.79 Å². The predicted molar refractivity (Wildman–Crippen MR) is 120 cm³/mol. The van der Waals surface area contributed by atoms with E-state index in [-0.39, 0.29) is 36.0 Å². The second-order valence-corrected chi connectivity index (χ2v) is 9.06. The highest BCUT2D eigenvalue weighted by Gasteiger charge is 2.48. The number of likely N-dealkylation sites (tertiary alicyclic amines) is 1. The van der Waals surface area contributed by atoms with Gasteiger partial charge in [0.15, 0.2) is 0 Å².